The van der Waals surface area contributed by atoms with Gasteiger partial charge in [-0.2, -0.15) is 8.42 Å². The molecule has 67 heavy (non-hydrogen) atoms. The topological polar surface area (TPSA) is 176 Å². The van der Waals surface area contributed by atoms with Gasteiger partial charge >= 0.3 is 37.7 Å². The van der Waals surface area contributed by atoms with Crippen molar-refractivity contribution in [2.75, 3.05) is 24.6 Å². The Morgan fingerprint density at radius 1 is 0.463 bits per heavy atom. The summed E-state index contributed by atoms with van der Waals surface area (Å²) in [6.45, 7) is 5.26. The summed E-state index contributed by atoms with van der Waals surface area (Å²) in [5, 5.41) is 14.3. The van der Waals surface area contributed by atoms with Crippen LogP contribution in [0.5, 0.6) is 0 Å². The molecule has 0 fully saturated rings. The molecular weight excluding hydrogens is 909 g/mol. The van der Waals surface area contributed by atoms with Gasteiger partial charge in [0, 0.05) is 18.8 Å². The Balaban J connectivity index is -0.00000120. The first-order valence-corrected chi connectivity index (χ1v) is 30.8. The molecule has 0 saturated carbocycles. The van der Waals surface area contributed by atoms with Crippen molar-refractivity contribution < 1.29 is 35.8 Å². The third-order valence-corrected chi connectivity index (χ3v) is 13.8. The summed E-state index contributed by atoms with van der Waals surface area (Å²) in [6, 6.07) is 0. The average molecular weight is 1010 g/mol. The number of amides is 1. The second-order valence-electron chi connectivity index (χ2n) is 18.9. The molecule has 392 valence electrons. The van der Waals surface area contributed by atoms with Crippen molar-refractivity contribution in [1.82, 2.24) is 5.32 Å². The maximum absolute atomic E-state index is 11.6. The first-order chi connectivity index (χ1) is 31.9. The molecule has 0 aliphatic heterocycles. The summed E-state index contributed by atoms with van der Waals surface area (Å²) >= 11 is 0. The monoisotopic (exact) mass is 1010 g/mol. The van der Waals surface area contributed by atoms with E-state index in [9.17, 15) is 31.3 Å². The molecule has 0 saturated heterocycles. The maximum atomic E-state index is 11.6. The molecule has 10 nitrogen and oxygen atoms in total. The van der Waals surface area contributed by atoms with Crippen LogP contribution in [0.25, 0.3) is 0 Å². The van der Waals surface area contributed by atoms with Crippen molar-refractivity contribution in [2.45, 2.75) is 284 Å². The van der Waals surface area contributed by atoms with E-state index in [1.165, 1.54) is 224 Å². The van der Waals surface area contributed by atoms with Crippen molar-refractivity contribution in [3.63, 3.8) is 0 Å². The largest absolute Gasteiger partial charge is 2.00 e. The SMILES string of the molecule is CCCCCCCCCCCCCCCCCCCC/C=C/C(=O)NCCCCS(=O)(=O)O.CCCCCCCCCCCCCCCCCCCC/C=C/C([O-])=NCCCCS(=O)(=O)[O-].[Ca+2]. The van der Waals surface area contributed by atoms with Crippen LogP contribution in [0.3, 0.4) is 0 Å². The van der Waals surface area contributed by atoms with Gasteiger partial charge in [0.25, 0.3) is 10.1 Å². The molecule has 0 rings (SSSR count). The molecule has 0 bridgehead atoms. The Bertz CT molecular complexity index is 1340. The number of hydrogen-bond donors (Lipinski definition) is 2. The van der Waals surface area contributed by atoms with Gasteiger partial charge in [-0.15, -0.1) is 0 Å². The summed E-state index contributed by atoms with van der Waals surface area (Å²) in [5.41, 5.74) is 0. The fourth-order valence-electron chi connectivity index (χ4n) is 8.01. The maximum Gasteiger partial charge on any atom is 2.00 e. The molecule has 0 heterocycles. The van der Waals surface area contributed by atoms with E-state index in [-0.39, 0.29) is 74.0 Å². The zero-order valence-corrected chi connectivity index (χ0v) is 47.5. The zero-order chi connectivity index (χ0) is 48.9. The van der Waals surface area contributed by atoms with Crippen molar-refractivity contribution in [3.8, 4) is 0 Å². The van der Waals surface area contributed by atoms with Gasteiger partial charge in [-0.1, -0.05) is 250 Å². The van der Waals surface area contributed by atoms with E-state index in [1.807, 2.05) is 12.2 Å². The second kappa shape index (κ2) is 56.4. The molecule has 0 unspecified atom stereocenters. The normalized spacial score (nSPS) is 12.1. The number of unbranched alkanes of at least 4 members (excludes halogenated alkanes) is 38. The van der Waals surface area contributed by atoms with Gasteiger partial charge in [0.15, 0.2) is 0 Å². The first-order valence-electron chi connectivity index (χ1n) is 27.6. The van der Waals surface area contributed by atoms with E-state index in [4.69, 9.17) is 4.55 Å². The fourth-order valence-corrected chi connectivity index (χ4v) is 9.14. The summed E-state index contributed by atoms with van der Waals surface area (Å²) in [6.07, 6.45) is 59.5. The van der Waals surface area contributed by atoms with E-state index in [1.54, 1.807) is 6.08 Å². The van der Waals surface area contributed by atoms with Crippen LogP contribution in [0, 0.1) is 0 Å². The molecule has 0 aromatic carbocycles. The molecule has 13 heteroatoms. The Morgan fingerprint density at radius 3 is 1.10 bits per heavy atom. The number of carbonyl (C=O) groups excluding carboxylic acids is 1. The van der Waals surface area contributed by atoms with Crippen molar-refractivity contribution in [1.29, 1.82) is 0 Å². The van der Waals surface area contributed by atoms with Gasteiger partial charge in [-0.25, -0.2) is 8.42 Å². The number of rotatable bonds is 50. The third-order valence-electron chi connectivity index (χ3n) is 12.2. The van der Waals surface area contributed by atoms with Gasteiger partial charge in [-0.3, -0.25) is 9.35 Å². The molecule has 0 aromatic rings. The number of hydrogen-bond acceptors (Lipinski definition) is 8. The summed E-state index contributed by atoms with van der Waals surface area (Å²) in [7, 11) is -8.05. The van der Waals surface area contributed by atoms with E-state index in [0.29, 0.717) is 25.8 Å². The van der Waals surface area contributed by atoms with Gasteiger partial charge < -0.3 is 20.0 Å². The Kier molecular flexibility index (Phi) is 59.6. The fraction of sp³-hybridized carbons (Fsp3) is 0.889. The van der Waals surface area contributed by atoms with Crippen molar-refractivity contribution in [2.24, 2.45) is 4.99 Å². The molecular formula is C54H104CaN2O8S2. The molecule has 0 spiro atoms. The van der Waals surface area contributed by atoms with E-state index < -0.39 is 20.2 Å². The number of allylic oxidation sites excluding steroid dienone is 2. The smallest absolute Gasteiger partial charge is 0.859 e. The van der Waals surface area contributed by atoms with Crippen LogP contribution >= 0.6 is 0 Å². The van der Waals surface area contributed by atoms with Crippen LogP contribution in [-0.2, 0) is 25.0 Å². The molecule has 0 aliphatic rings. The van der Waals surface area contributed by atoms with Gasteiger partial charge in [0.1, 0.15) is 0 Å². The minimum atomic E-state index is -4.16. The van der Waals surface area contributed by atoms with E-state index in [0.717, 1.165) is 25.7 Å². The van der Waals surface area contributed by atoms with Gasteiger partial charge in [0.2, 0.25) is 5.91 Å². The first kappa shape index (κ1) is 70.8. The van der Waals surface area contributed by atoms with Crippen molar-refractivity contribution in [3.05, 3.63) is 24.3 Å². The summed E-state index contributed by atoms with van der Waals surface area (Å²) < 4.78 is 61.2. The average Bonchev–Trinajstić information content (AvgIpc) is 3.27. The van der Waals surface area contributed by atoms with E-state index in [2.05, 4.69) is 24.2 Å². The molecule has 0 atom stereocenters. The Labute approximate surface area is 444 Å². The van der Waals surface area contributed by atoms with Gasteiger partial charge in [0.05, 0.1) is 15.9 Å². The number of nitrogens with zero attached hydrogens (tertiary/aromatic N) is 1. The second-order valence-corrected chi connectivity index (χ2v) is 22.0. The van der Waals surface area contributed by atoms with Gasteiger partial charge in [-0.05, 0) is 63.3 Å². The van der Waals surface area contributed by atoms with Crippen molar-refractivity contribution >= 4 is 69.8 Å². The van der Waals surface area contributed by atoms with Crippen LogP contribution in [0.15, 0.2) is 29.3 Å². The molecule has 0 aromatic heterocycles. The zero-order valence-electron chi connectivity index (χ0n) is 43.6. The van der Waals surface area contributed by atoms with Crippen LogP contribution in [0.1, 0.15) is 284 Å². The summed E-state index contributed by atoms with van der Waals surface area (Å²) in [5.74, 6) is -1.05. The standard InChI is InChI=1S/2C27H53NO4S.Ca/c2*1-2-3-4-5-6-7-8-9-10-11-12-13-14-15-16-17-18-19-20-21-24-27(29)28-25-22-23-26-33(30,31)32;/h2*21,24H,2-20,22-23,25-26H2,1H3,(H,28,29)(H,30,31,32);/q;;+2/p-2/b2*24-21+;. The van der Waals surface area contributed by atoms with Crippen LogP contribution in [0.2, 0.25) is 0 Å². The van der Waals surface area contributed by atoms with Crippen LogP contribution in [-0.4, -0.2) is 100 Å². The number of nitrogens with one attached hydrogen (secondary N) is 1. The predicted octanol–water partition coefficient (Wildman–Crippen LogP) is 14.4. The van der Waals surface area contributed by atoms with Crippen LogP contribution < -0.4 is 10.4 Å². The minimum Gasteiger partial charge on any atom is -0.859 e. The molecule has 0 aliphatic carbocycles. The predicted molar refractivity (Wildman–Crippen MR) is 286 cm³/mol. The number of carbonyl (C=O) groups is 1. The Hall–Kier alpha value is -0.500. The minimum absolute atomic E-state index is 0. The van der Waals surface area contributed by atoms with E-state index >= 15 is 0 Å². The molecule has 0 radical (unpaired) electrons. The molecule has 1 amide bonds. The Morgan fingerprint density at radius 2 is 0.776 bits per heavy atom. The third kappa shape index (κ3) is 69.8. The molecule has 2 N–H and O–H groups in total. The quantitative estimate of drug-likeness (QED) is 0.0151. The summed E-state index contributed by atoms with van der Waals surface area (Å²) in [4.78, 5) is 15.5. The van der Waals surface area contributed by atoms with Crippen LogP contribution in [0.4, 0.5) is 0 Å². The number of aliphatic imine (C=N–C) groups is 1.